The smallest absolute Gasteiger partial charge is 0.124 e. The summed E-state index contributed by atoms with van der Waals surface area (Å²) >= 11 is 0. The quantitative estimate of drug-likeness (QED) is 0.696. The number of aryl methyl sites for hydroxylation is 2. The van der Waals surface area contributed by atoms with E-state index in [4.69, 9.17) is 5.73 Å². The number of aliphatic hydroxyl groups excluding tert-OH is 1. The number of hydrogen-bond donors (Lipinski definition) is 3. The zero-order valence-corrected chi connectivity index (χ0v) is 9.09. The highest BCUT2D eigenvalue weighted by Gasteiger charge is 2.13. The summed E-state index contributed by atoms with van der Waals surface area (Å²) in [5.74, 6) is 0.428. The molecule has 4 N–H and O–H groups in total. The fraction of sp³-hybridized carbons (Fsp3) is 0.400. The van der Waals surface area contributed by atoms with E-state index in [0.717, 1.165) is 12.1 Å². The first kappa shape index (κ1) is 10.7. The number of aliphatic hydroxyl groups is 1. The van der Waals surface area contributed by atoms with E-state index in [2.05, 4.69) is 15.3 Å². The number of aromatic amines is 1. The van der Waals surface area contributed by atoms with Gasteiger partial charge in [-0.25, -0.2) is 0 Å². The van der Waals surface area contributed by atoms with E-state index in [1.165, 1.54) is 0 Å². The minimum absolute atomic E-state index is 0.428. The fourth-order valence-corrected chi connectivity index (χ4v) is 1.66. The average Bonchev–Trinajstić information content (AvgIpc) is 2.84. The van der Waals surface area contributed by atoms with Gasteiger partial charge in [-0.3, -0.25) is 9.78 Å². The van der Waals surface area contributed by atoms with Gasteiger partial charge in [0.15, 0.2) is 0 Å². The summed E-state index contributed by atoms with van der Waals surface area (Å²) in [6.07, 6.45) is 4.07. The lowest BCUT2D eigenvalue weighted by Crippen LogP contribution is -2.04. The maximum atomic E-state index is 9.91. The average molecular weight is 221 g/mol. The molecule has 0 amide bonds. The number of aromatic nitrogens is 4. The van der Waals surface area contributed by atoms with Crippen LogP contribution in [-0.2, 0) is 13.5 Å². The van der Waals surface area contributed by atoms with E-state index >= 15 is 0 Å². The number of nitrogen functional groups attached to an aromatic ring is 1. The van der Waals surface area contributed by atoms with Gasteiger partial charge >= 0.3 is 0 Å². The van der Waals surface area contributed by atoms with Gasteiger partial charge in [0, 0.05) is 24.5 Å². The summed E-state index contributed by atoms with van der Waals surface area (Å²) in [5.41, 5.74) is 7.36. The molecule has 0 aliphatic rings. The molecule has 2 aromatic rings. The maximum absolute atomic E-state index is 9.91. The highest BCUT2D eigenvalue weighted by molar-refractivity contribution is 5.38. The van der Waals surface area contributed by atoms with Crippen molar-refractivity contribution in [2.24, 2.45) is 7.05 Å². The Labute approximate surface area is 93.1 Å². The molecule has 6 heteroatoms. The van der Waals surface area contributed by atoms with Crippen molar-refractivity contribution in [3.05, 3.63) is 29.7 Å². The third-order valence-electron chi connectivity index (χ3n) is 2.66. The summed E-state index contributed by atoms with van der Waals surface area (Å²) in [7, 11) is 1.88. The van der Waals surface area contributed by atoms with Crippen LogP contribution in [-0.4, -0.2) is 25.1 Å². The number of nitrogens with zero attached hydrogens (tertiary/aromatic N) is 3. The Hall–Kier alpha value is -1.82. The standard InChI is InChI=1S/C10H15N5O/c1-15-7(4-5-13-15)2-3-9(16)8-6-12-14-10(8)11/h4-6,9,16H,2-3H2,1H3,(H3,11,12,14). The Kier molecular flexibility index (Phi) is 2.91. The van der Waals surface area contributed by atoms with Gasteiger partial charge < -0.3 is 10.8 Å². The number of hydrogen-bond acceptors (Lipinski definition) is 4. The third-order valence-corrected chi connectivity index (χ3v) is 2.66. The zero-order chi connectivity index (χ0) is 11.5. The van der Waals surface area contributed by atoms with Crippen LogP contribution in [0.15, 0.2) is 18.5 Å². The SMILES string of the molecule is Cn1nccc1CCC(O)c1cn[nH]c1N. The van der Waals surface area contributed by atoms with Crippen molar-refractivity contribution in [3.8, 4) is 0 Å². The lowest BCUT2D eigenvalue weighted by Gasteiger charge is -2.09. The van der Waals surface area contributed by atoms with Crippen molar-refractivity contribution in [1.29, 1.82) is 0 Å². The molecule has 0 aliphatic carbocycles. The van der Waals surface area contributed by atoms with Gasteiger partial charge in [0.2, 0.25) is 0 Å². The van der Waals surface area contributed by atoms with Crippen LogP contribution in [0.25, 0.3) is 0 Å². The second-order valence-electron chi connectivity index (χ2n) is 3.74. The minimum atomic E-state index is -0.589. The maximum Gasteiger partial charge on any atom is 0.124 e. The Balaban J connectivity index is 1.97. The summed E-state index contributed by atoms with van der Waals surface area (Å²) in [6, 6.07) is 1.94. The summed E-state index contributed by atoms with van der Waals surface area (Å²) in [6.45, 7) is 0. The molecule has 16 heavy (non-hydrogen) atoms. The molecule has 0 saturated carbocycles. The molecule has 2 aromatic heterocycles. The number of anilines is 1. The first-order valence-corrected chi connectivity index (χ1v) is 5.12. The number of nitrogens with one attached hydrogen (secondary N) is 1. The van der Waals surface area contributed by atoms with Crippen LogP contribution in [0.1, 0.15) is 23.8 Å². The molecule has 0 saturated heterocycles. The Morgan fingerprint density at radius 1 is 1.62 bits per heavy atom. The van der Waals surface area contributed by atoms with Gasteiger partial charge in [-0.2, -0.15) is 10.2 Å². The summed E-state index contributed by atoms with van der Waals surface area (Å²) in [4.78, 5) is 0. The molecule has 0 fully saturated rings. The fourth-order valence-electron chi connectivity index (χ4n) is 1.66. The van der Waals surface area contributed by atoms with E-state index in [1.54, 1.807) is 17.1 Å². The molecular formula is C10H15N5O. The Morgan fingerprint density at radius 3 is 3.00 bits per heavy atom. The Bertz CT molecular complexity index is 461. The lowest BCUT2D eigenvalue weighted by atomic mass is 10.1. The number of H-pyrrole nitrogens is 1. The van der Waals surface area contributed by atoms with Crippen molar-refractivity contribution in [2.45, 2.75) is 18.9 Å². The van der Waals surface area contributed by atoms with Crippen molar-refractivity contribution >= 4 is 5.82 Å². The Morgan fingerprint density at radius 2 is 2.44 bits per heavy atom. The van der Waals surface area contributed by atoms with Gasteiger partial charge in [-0.1, -0.05) is 0 Å². The molecule has 1 unspecified atom stereocenters. The largest absolute Gasteiger partial charge is 0.388 e. The summed E-state index contributed by atoms with van der Waals surface area (Å²) < 4.78 is 1.80. The van der Waals surface area contributed by atoms with Crippen molar-refractivity contribution in [1.82, 2.24) is 20.0 Å². The van der Waals surface area contributed by atoms with Crippen LogP contribution < -0.4 is 5.73 Å². The number of rotatable bonds is 4. The molecule has 0 aromatic carbocycles. The number of nitrogens with two attached hydrogens (primary N) is 1. The van der Waals surface area contributed by atoms with E-state index in [0.29, 0.717) is 17.8 Å². The van der Waals surface area contributed by atoms with Crippen LogP contribution in [0.5, 0.6) is 0 Å². The predicted octanol–water partition coefficient (Wildman–Crippen LogP) is 0.392. The second-order valence-corrected chi connectivity index (χ2v) is 3.74. The van der Waals surface area contributed by atoms with Gasteiger partial charge in [-0.05, 0) is 18.9 Å². The van der Waals surface area contributed by atoms with Gasteiger partial charge in [0.1, 0.15) is 5.82 Å². The van der Waals surface area contributed by atoms with Crippen LogP contribution in [0.3, 0.4) is 0 Å². The van der Waals surface area contributed by atoms with E-state index < -0.39 is 6.10 Å². The molecule has 0 bridgehead atoms. The molecule has 0 spiro atoms. The minimum Gasteiger partial charge on any atom is -0.388 e. The van der Waals surface area contributed by atoms with Crippen molar-refractivity contribution in [2.75, 3.05) is 5.73 Å². The van der Waals surface area contributed by atoms with Crippen LogP contribution in [0.4, 0.5) is 5.82 Å². The van der Waals surface area contributed by atoms with Gasteiger partial charge in [0.25, 0.3) is 0 Å². The topological polar surface area (TPSA) is 92.7 Å². The van der Waals surface area contributed by atoms with E-state index in [-0.39, 0.29) is 0 Å². The lowest BCUT2D eigenvalue weighted by molar-refractivity contribution is 0.168. The van der Waals surface area contributed by atoms with Crippen molar-refractivity contribution < 1.29 is 5.11 Å². The predicted molar refractivity (Wildman–Crippen MR) is 59.5 cm³/mol. The van der Waals surface area contributed by atoms with Crippen LogP contribution in [0, 0.1) is 0 Å². The highest BCUT2D eigenvalue weighted by Crippen LogP contribution is 2.22. The normalized spacial score (nSPS) is 12.9. The molecular weight excluding hydrogens is 206 g/mol. The van der Waals surface area contributed by atoms with E-state index in [1.807, 2.05) is 13.1 Å². The van der Waals surface area contributed by atoms with Crippen LogP contribution >= 0.6 is 0 Å². The van der Waals surface area contributed by atoms with Crippen molar-refractivity contribution in [3.63, 3.8) is 0 Å². The second kappa shape index (κ2) is 4.36. The molecule has 86 valence electrons. The first-order valence-electron chi connectivity index (χ1n) is 5.12. The van der Waals surface area contributed by atoms with Crippen LogP contribution in [0.2, 0.25) is 0 Å². The highest BCUT2D eigenvalue weighted by atomic mass is 16.3. The molecule has 2 heterocycles. The molecule has 0 radical (unpaired) electrons. The van der Waals surface area contributed by atoms with E-state index in [9.17, 15) is 5.11 Å². The zero-order valence-electron chi connectivity index (χ0n) is 9.09. The monoisotopic (exact) mass is 221 g/mol. The van der Waals surface area contributed by atoms with Gasteiger partial charge in [-0.15, -0.1) is 0 Å². The third kappa shape index (κ3) is 2.06. The molecule has 1 atom stereocenters. The summed E-state index contributed by atoms with van der Waals surface area (Å²) in [5, 5.41) is 20.4. The first-order chi connectivity index (χ1) is 7.68. The molecule has 2 rings (SSSR count). The molecule has 0 aliphatic heterocycles. The van der Waals surface area contributed by atoms with Gasteiger partial charge in [0.05, 0.1) is 12.3 Å². The molecule has 6 nitrogen and oxygen atoms in total.